The second-order valence-corrected chi connectivity index (χ2v) is 4.82. The summed E-state index contributed by atoms with van der Waals surface area (Å²) in [7, 11) is 3.32. The Morgan fingerprint density at radius 1 is 1.00 bits per heavy atom. The molecule has 112 valence electrons. The summed E-state index contributed by atoms with van der Waals surface area (Å²) < 4.78 is 10.6. The highest BCUT2D eigenvalue weighted by Gasteiger charge is 2.03. The van der Waals surface area contributed by atoms with E-state index in [2.05, 4.69) is 30.9 Å². The molecule has 0 aliphatic carbocycles. The van der Waals surface area contributed by atoms with E-state index in [0.717, 1.165) is 36.7 Å². The molecule has 1 aromatic rings. The molecule has 0 heterocycles. The smallest absolute Gasteiger partial charge is 0.161 e. The molecule has 0 bridgehead atoms. The van der Waals surface area contributed by atoms with E-state index in [4.69, 9.17) is 9.47 Å². The van der Waals surface area contributed by atoms with E-state index in [1.54, 1.807) is 14.2 Å². The van der Waals surface area contributed by atoms with Gasteiger partial charge in [0.2, 0.25) is 0 Å². The van der Waals surface area contributed by atoms with Crippen molar-refractivity contribution in [3.05, 3.63) is 29.8 Å². The Kier molecular flexibility index (Phi) is 7.81. The first-order valence-corrected chi connectivity index (χ1v) is 7.36. The van der Waals surface area contributed by atoms with Crippen molar-refractivity contribution < 1.29 is 9.47 Å². The Morgan fingerprint density at radius 3 is 2.20 bits per heavy atom. The van der Waals surface area contributed by atoms with Crippen LogP contribution in [-0.4, -0.2) is 38.8 Å². The van der Waals surface area contributed by atoms with E-state index in [9.17, 15) is 0 Å². The van der Waals surface area contributed by atoms with E-state index in [0.29, 0.717) is 0 Å². The standard InChI is InChI=1S/C17H27NO2/c1-5-11-18(12-6-2)13-7-8-15-9-10-16(19-3)17(14-15)20-4/h7-10,14H,5-6,11-13H2,1-4H3/b8-7+. The van der Waals surface area contributed by atoms with Crippen LogP contribution in [0.3, 0.4) is 0 Å². The monoisotopic (exact) mass is 277 g/mol. The summed E-state index contributed by atoms with van der Waals surface area (Å²) >= 11 is 0. The third-order valence-corrected chi connectivity index (χ3v) is 3.16. The number of hydrogen-bond donors (Lipinski definition) is 0. The molecule has 0 radical (unpaired) electrons. The summed E-state index contributed by atoms with van der Waals surface area (Å²) in [4.78, 5) is 2.47. The predicted molar refractivity (Wildman–Crippen MR) is 85.6 cm³/mol. The van der Waals surface area contributed by atoms with E-state index in [-0.39, 0.29) is 0 Å². The number of hydrogen-bond acceptors (Lipinski definition) is 3. The van der Waals surface area contributed by atoms with Crippen molar-refractivity contribution in [2.45, 2.75) is 26.7 Å². The molecule has 1 aromatic carbocycles. The topological polar surface area (TPSA) is 21.7 Å². The van der Waals surface area contributed by atoms with Gasteiger partial charge in [-0.25, -0.2) is 0 Å². The van der Waals surface area contributed by atoms with Crippen LogP contribution >= 0.6 is 0 Å². The molecular formula is C17H27NO2. The van der Waals surface area contributed by atoms with Crippen molar-refractivity contribution in [3.63, 3.8) is 0 Å². The Bertz CT molecular complexity index is 409. The number of ether oxygens (including phenoxy) is 2. The molecule has 0 unspecified atom stereocenters. The van der Waals surface area contributed by atoms with Crippen LogP contribution in [0.4, 0.5) is 0 Å². The van der Waals surface area contributed by atoms with Gasteiger partial charge in [0, 0.05) is 6.54 Å². The molecule has 0 N–H and O–H groups in total. The van der Waals surface area contributed by atoms with Crippen molar-refractivity contribution in [1.29, 1.82) is 0 Å². The average molecular weight is 277 g/mol. The largest absolute Gasteiger partial charge is 0.493 e. The van der Waals surface area contributed by atoms with Crippen molar-refractivity contribution in [1.82, 2.24) is 4.90 Å². The Morgan fingerprint density at radius 2 is 1.65 bits per heavy atom. The SMILES string of the molecule is CCCN(C/C=C/c1ccc(OC)c(OC)c1)CCC. The first-order chi connectivity index (χ1) is 9.74. The second-order valence-electron chi connectivity index (χ2n) is 4.82. The first-order valence-electron chi connectivity index (χ1n) is 7.36. The molecule has 0 aliphatic rings. The van der Waals surface area contributed by atoms with Gasteiger partial charge in [-0.2, -0.15) is 0 Å². The summed E-state index contributed by atoms with van der Waals surface area (Å²) in [5.74, 6) is 1.54. The van der Waals surface area contributed by atoms with E-state index < -0.39 is 0 Å². The van der Waals surface area contributed by atoms with Crippen molar-refractivity contribution in [3.8, 4) is 11.5 Å². The average Bonchev–Trinajstić information content (AvgIpc) is 2.47. The lowest BCUT2D eigenvalue weighted by molar-refractivity contribution is 0.304. The summed E-state index contributed by atoms with van der Waals surface area (Å²) in [6, 6.07) is 5.98. The van der Waals surface area contributed by atoms with E-state index in [1.807, 2.05) is 18.2 Å². The molecule has 20 heavy (non-hydrogen) atoms. The van der Waals surface area contributed by atoms with Crippen LogP contribution in [0, 0.1) is 0 Å². The summed E-state index contributed by atoms with van der Waals surface area (Å²) in [6.45, 7) is 7.76. The maximum atomic E-state index is 5.31. The van der Waals surface area contributed by atoms with Crippen LogP contribution in [-0.2, 0) is 0 Å². The number of benzene rings is 1. The molecule has 0 fully saturated rings. The zero-order valence-corrected chi connectivity index (χ0v) is 13.2. The Balaban J connectivity index is 2.65. The molecular weight excluding hydrogens is 250 g/mol. The number of methoxy groups -OCH3 is 2. The third-order valence-electron chi connectivity index (χ3n) is 3.16. The van der Waals surface area contributed by atoms with Crippen molar-refractivity contribution >= 4 is 6.08 Å². The molecule has 3 nitrogen and oxygen atoms in total. The lowest BCUT2D eigenvalue weighted by Crippen LogP contribution is -2.25. The fraction of sp³-hybridized carbons (Fsp3) is 0.529. The predicted octanol–water partition coefficient (Wildman–Crippen LogP) is 3.84. The highest BCUT2D eigenvalue weighted by atomic mass is 16.5. The van der Waals surface area contributed by atoms with E-state index >= 15 is 0 Å². The van der Waals surface area contributed by atoms with Crippen LogP contribution in [0.5, 0.6) is 11.5 Å². The highest BCUT2D eigenvalue weighted by Crippen LogP contribution is 2.27. The molecule has 1 rings (SSSR count). The minimum atomic E-state index is 0.767. The molecule has 0 spiro atoms. The molecule has 0 aromatic heterocycles. The lowest BCUT2D eigenvalue weighted by atomic mass is 10.2. The zero-order valence-electron chi connectivity index (χ0n) is 13.2. The summed E-state index contributed by atoms with van der Waals surface area (Å²) in [6.07, 6.45) is 6.75. The second kappa shape index (κ2) is 9.43. The lowest BCUT2D eigenvalue weighted by Gasteiger charge is -2.18. The fourth-order valence-corrected chi connectivity index (χ4v) is 2.22. The maximum absolute atomic E-state index is 5.31. The van der Waals surface area contributed by atoms with Gasteiger partial charge in [-0.1, -0.05) is 32.1 Å². The van der Waals surface area contributed by atoms with Crippen LogP contribution in [0.25, 0.3) is 6.08 Å². The van der Waals surface area contributed by atoms with Gasteiger partial charge in [-0.05, 0) is 43.6 Å². The van der Waals surface area contributed by atoms with Crippen LogP contribution in [0.15, 0.2) is 24.3 Å². The van der Waals surface area contributed by atoms with Gasteiger partial charge < -0.3 is 9.47 Å². The van der Waals surface area contributed by atoms with Gasteiger partial charge in [0.25, 0.3) is 0 Å². The molecule has 0 aliphatic heterocycles. The van der Waals surface area contributed by atoms with Crippen LogP contribution < -0.4 is 9.47 Å². The highest BCUT2D eigenvalue weighted by molar-refractivity contribution is 5.55. The molecule has 0 atom stereocenters. The molecule has 3 heteroatoms. The minimum absolute atomic E-state index is 0.767. The normalized spacial score (nSPS) is 11.2. The summed E-state index contributed by atoms with van der Waals surface area (Å²) in [5, 5.41) is 0. The zero-order chi connectivity index (χ0) is 14.8. The van der Waals surface area contributed by atoms with Crippen LogP contribution in [0.1, 0.15) is 32.3 Å². The quantitative estimate of drug-likeness (QED) is 0.684. The first kappa shape index (κ1) is 16.6. The van der Waals surface area contributed by atoms with Gasteiger partial charge in [-0.15, -0.1) is 0 Å². The van der Waals surface area contributed by atoms with Gasteiger partial charge in [-0.3, -0.25) is 4.90 Å². The van der Waals surface area contributed by atoms with Crippen LogP contribution in [0.2, 0.25) is 0 Å². The van der Waals surface area contributed by atoms with Gasteiger partial charge in [0.1, 0.15) is 0 Å². The Hall–Kier alpha value is -1.48. The molecule has 0 saturated carbocycles. The number of rotatable bonds is 9. The fourth-order valence-electron chi connectivity index (χ4n) is 2.22. The molecule has 0 amide bonds. The minimum Gasteiger partial charge on any atom is -0.493 e. The van der Waals surface area contributed by atoms with Gasteiger partial charge >= 0.3 is 0 Å². The van der Waals surface area contributed by atoms with Crippen molar-refractivity contribution in [2.75, 3.05) is 33.9 Å². The van der Waals surface area contributed by atoms with E-state index in [1.165, 1.54) is 12.8 Å². The maximum Gasteiger partial charge on any atom is 0.161 e. The Labute approximate surface area is 123 Å². The third kappa shape index (κ3) is 5.25. The van der Waals surface area contributed by atoms with Gasteiger partial charge in [0.05, 0.1) is 14.2 Å². The summed E-state index contributed by atoms with van der Waals surface area (Å²) in [5.41, 5.74) is 1.13. The van der Waals surface area contributed by atoms with Gasteiger partial charge in [0.15, 0.2) is 11.5 Å². The number of nitrogens with zero attached hydrogens (tertiary/aromatic N) is 1. The van der Waals surface area contributed by atoms with Crippen molar-refractivity contribution in [2.24, 2.45) is 0 Å². The molecule has 0 saturated heterocycles.